The number of carbonyl (C=O) groups excluding carboxylic acids is 2. The van der Waals surface area contributed by atoms with Gasteiger partial charge in [-0.05, 0) is 26.3 Å². The van der Waals surface area contributed by atoms with Crippen LogP contribution in [-0.2, 0) is 0 Å². The van der Waals surface area contributed by atoms with E-state index in [1.807, 2.05) is 13.0 Å². The number of ketones is 1. The molecule has 9 heteroatoms. The Morgan fingerprint density at radius 3 is 2.44 bits per heavy atom. The molecular formula is C18H18N6O2S. The number of hydrogen-bond donors (Lipinski definition) is 3. The third-order valence-corrected chi connectivity index (χ3v) is 5.23. The lowest BCUT2D eigenvalue weighted by molar-refractivity contribution is 0.0954. The first-order chi connectivity index (χ1) is 12.9. The second kappa shape index (κ2) is 7.60. The molecule has 0 unspecified atom stereocenters. The first-order valence-corrected chi connectivity index (χ1v) is 8.93. The van der Waals surface area contributed by atoms with Crippen LogP contribution in [0, 0.1) is 20.8 Å². The minimum atomic E-state index is -0.523. The van der Waals surface area contributed by atoms with Crippen molar-refractivity contribution >= 4 is 33.7 Å². The molecule has 0 fully saturated rings. The molecule has 0 aliphatic rings. The van der Waals surface area contributed by atoms with Gasteiger partial charge >= 0.3 is 0 Å². The van der Waals surface area contributed by atoms with Crippen molar-refractivity contribution in [1.29, 1.82) is 0 Å². The molecule has 4 N–H and O–H groups in total. The summed E-state index contributed by atoms with van der Waals surface area (Å²) in [6, 6.07) is 8.86. The molecule has 27 heavy (non-hydrogen) atoms. The van der Waals surface area contributed by atoms with Crippen molar-refractivity contribution in [3.63, 3.8) is 0 Å². The summed E-state index contributed by atoms with van der Waals surface area (Å²) in [4.78, 5) is 25.5. The van der Waals surface area contributed by atoms with Crippen LogP contribution < -0.4 is 11.3 Å². The number of nitrogens with one attached hydrogen (secondary N) is 2. The number of carbonyl (C=O) groups is 2. The number of hydrazine groups is 1. The lowest BCUT2D eigenvalue weighted by atomic mass is 10.0. The number of aromatic amines is 1. The minimum absolute atomic E-state index is 0.179. The summed E-state index contributed by atoms with van der Waals surface area (Å²) >= 11 is 1.11. The number of benzene rings is 1. The zero-order chi connectivity index (χ0) is 19.6. The van der Waals surface area contributed by atoms with E-state index in [9.17, 15) is 9.59 Å². The number of nitrogen functional groups attached to an aromatic ring is 1. The second-order valence-corrected chi connectivity index (χ2v) is 6.89. The van der Waals surface area contributed by atoms with Crippen molar-refractivity contribution in [2.75, 3.05) is 0 Å². The molecule has 2 aromatic heterocycles. The Morgan fingerprint density at radius 1 is 1.15 bits per heavy atom. The molecule has 3 rings (SSSR count). The molecule has 0 aliphatic heterocycles. The van der Waals surface area contributed by atoms with Gasteiger partial charge in [0.2, 0.25) is 5.78 Å². The van der Waals surface area contributed by atoms with Gasteiger partial charge in [0.15, 0.2) is 5.00 Å². The van der Waals surface area contributed by atoms with Gasteiger partial charge in [-0.2, -0.15) is 5.10 Å². The maximum absolute atomic E-state index is 12.8. The summed E-state index contributed by atoms with van der Waals surface area (Å²) in [5.41, 5.74) is 5.44. The third kappa shape index (κ3) is 3.55. The lowest BCUT2D eigenvalue weighted by Crippen LogP contribution is -2.30. The Kier molecular flexibility index (Phi) is 5.24. The van der Waals surface area contributed by atoms with Gasteiger partial charge in [-0.1, -0.05) is 30.3 Å². The van der Waals surface area contributed by atoms with Crippen molar-refractivity contribution in [1.82, 2.24) is 15.6 Å². The number of nitrogens with zero attached hydrogens (tertiary/aromatic N) is 3. The van der Waals surface area contributed by atoms with Gasteiger partial charge in [-0.3, -0.25) is 20.1 Å². The van der Waals surface area contributed by atoms with E-state index >= 15 is 0 Å². The van der Waals surface area contributed by atoms with Gasteiger partial charge in [0.1, 0.15) is 5.69 Å². The number of amides is 1. The average molecular weight is 382 g/mol. The predicted octanol–water partition coefficient (Wildman–Crippen LogP) is 3.65. The van der Waals surface area contributed by atoms with Gasteiger partial charge < -0.3 is 0 Å². The summed E-state index contributed by atoms with van der Waals surface area (Å²) in [6.07, 6.45) is 0. The van der Waals surface area contributed by atoms with Gasteiger partial charge in [-0.25, -0.2) is 5.84 Å². The second-order valence-electron chi connectivity index (χ2n) is 5.89. The maximum Gasteiger partial charge on any atom is 0.268 e. The van der Waals surface area contributed by atoms with Crippen LogP contribution in [0.4, 0.5) is 10.7 Å². The molecule has 1 amide bonds. The van der Waals surface area contributed by atoms with Crippen LogP contribution >= 0.6 is 11.3 Å². The van der Waals surface area contributed by atoms with E-state index in [4.69, 9.17) is 5.84 Å². The molecule has 8 nitrogen and oxygen atoms in total. The standard InChI is InChI=1S/C18H18N6O2S/c1-9-13(17(26)20-19)18(24-23-14-10(2)21-22-11(14)3)27-16(9)15(25)12-7-5-4-6-8-12/h4-8H,19H2,1-3H3,(H,20,26)(H,21,22). The fourth-order valence-electron chi connectivity index (χ4n) is 2.63. The Balaban J connectivity index is 2.08. The van der Waals surface area contributed by atoms with Crippen molar-refractivity contribution in [3.05, 3.63) is 63.3 Å². The van der Waals surface area contributed by atoms with Crippen LogP contribution in [0.15, 0.2) is 40.6 Å². The topological polar surface area (TPSA) is 126 Å². The summed E-state index contributed by atoms with van der Waals surface area (Å²) in [5.74, 6) is 4.61. The van der Waals surface area contributed by atoms with Gasteiger partial charge in [0, 0.05) is 5.56 Å². The van der Waals surface area contributed by atoms with Crippen LogP contribution in [0.1, 0.15) is 42.5 Å². The number of aromatic nitrogens is 2. The Morgan fingerprint density at radius 2 is 1.85 bits per heavy atom. The molecule has 0 saturated heterocycles. The molecule has 0 radical (unpaired) electrons. The van der Waals surface area contributed by atoms with Crippen LogP contribution in [0.2, 0.25) is 0 Å². The number of thiophene rings is 1. The van der Waals surface area contributed by atoms with E-state index in [0.29, 0.717) is 32.4 Å². The number of rotatable bonds is 5. The molecule has 0 spiro atoms. The largest absolute Gasteiger partial charge is 0.290 e. The highest BCUT2D eigenvalue weighted by Crippen LogP contribution is 2.38. The first-order valence-electron chi connectivity index (χ1n) is 8.11. The summed E-state index contributed by atoms with van der Waals surface area (Å²) in [7, 11) is 0. The quantitative estimate of drug-likeness (QED) is 0.205. The number of aryl methyl sites for hydroxylation is 2. The molecule has 0 aliphatic carbocycles. The van der Waals surface area contributed by atoms with E-state index in [-0.39, 0.29) is 11.3 Å². The predicted molar refractivity (Wildman–Crippen MR) is 103 cm³/mol. The van der Waals surface area contributed by atoms with Crippen LogP contribution in [0.5, 0.6) is 0 Å². The summed E-state index contributed by atoms with van der Waals surface area (Å²) in [6.45, 7) is 5.33. The third-order valence-electron chi connectivity index (χ3n) is 4.06. The summed E-state index contributed by atoms with van der Waals surface area (Å²) in [5, 5.41) is 15.6. The zero-order valence-corrected chi connectivity index (χ0v) is 15.8. The Labute approximate surface area is 159 Å². The molecule has 0 bridgehead atoms. The van der Waals surface area contributed by atoms with Gasteiger partial charge in [-0.15, -0.1) is 21.6 Å². The molecule has 1 aromatic carbocycles. The number of H-pyrrole nitrogens is 1. The molecule has 0 atom stereocenters. The van der Waals surface area contributed by atoms with Crippen LogP contribution in [0.3, 0.4) is 0 Å². The lowest BCUT2D eigenvalue weighted by Gasteiger charge is -2.01. The number of hydrogen-bond acceptors (Lipinski definition) is 7. The van der Waals surface area contributed by atoms with Gasteiger partial charge in [0.05, 0.1) is 21.8 Å². The fourth-order valence-corrected chi connectivity index (χ4v) is 3.72. The highest BCUT2D eigenvalue weighted by molar-refractivity contribution is 7.18. The van der Waals surface area contributed by atoms with Crippen molar-refractivity contribution in [3.8, 4) is 0 Å². The number of azo groups is 1. The van der Waals surface area contributed by atoms with E-state index in [1.165, 1.54) is 0 Å². The fraction of sp³-hybridized carbons (Fsp3) is 0.167. The van der Waals surface area contributed by atoms with E-state index in [1.54, 1.807) is 38.1 Å². The van der Waals surface area contributed by atoms with Crippen LogP contribution in [0.25, 0.3) is 0 Å². The smallest absolute Gasteiger partial charge is 0.268 e. The van der Waals surface area contributed by atoms with Crippen molar-refractivity contribution in [2.45, 2.75) is 20.8 Å². The zero-order valence-electron chi connectivity index (χ0n) is 15.0. The highest BCUT2D eigenvalue weighted by Gasteiger charge is 2.25. The highest BCUT2D eigenvalue weighted by atomic mass is 32.1. The SMILES string of the molecule is Cc1n[nH]c(C)c1N=Nc1sc(C(=O)c2ccccc2)c(C)c1C(=O)NN. The maximum atomic E-state index is 12.8. The summed E-state index contributed by atoms with van der Waals surface area (Å²) < 4.78 is 0. The van der Waals surface area contributed by atoms with E-state index < -0.39 is 5.91 Å². The molecule has 0 saturated carbocycles. The number of nitrogens with two attached hydrogens (primary N) is 1. The minimum Gasteiger partial charge on any atom is -0.290 e. The van der Waals surface area contributed by atoms with Crippen molar-refractivity contribution < 1.29 is 9.59 Å². The van der Waals surface area contributed by atoms with E-state index in [2.05, 4.69) is 25.9 Å². The van der Waals surface area contributed by atoms with Crippen LogP contribution in [-0.4, -0.2) is 21.9 Å². The first kappa shape index (κ1) is 18.6. The van der Waals surface area contributed by atoms with Gasteiger partial charge in [0.25, 0.3) is 5.91 Å². The van der Waals surface area contributed by atoms with E-state index in [0.717, 1.165) is 17.0 Å². The monoisotopic (exact) mass is 382 g/mol. The molecule has 3 aromatic rings. The average Bonchev–Trinajstić information content (AvgIpc) is 3.18. The Hall–Kier alpha value is -3.17. The normalized spacial score (nSPS) is 11.1. The Bertz CT molecular complexity index is 1020. The molecular weight excluding hydrogens is 364 g/mol. The van der Waals surface area contributed by atoms with Crippen molar-refractivity contribution in [2.24, 2.45) is 16.1 Å². The molecule has 138 valence electrons. The molecule has 2 heterocycles.